The predicted octanol–water partition coefficient (Wildman–Crippen LogP) is 1.59. The third-order valence-corrected chi connectivity index (χ3v) is 3.14. The van der Waals surface area contributed by atoms with Crippen molar-refractivity contribution in [3.8, 4) is 6.07 Å². The molecule has 1 unspecified atom stereocenters. The van der Waals surface area contributed by atoms with Gasteiger partial charge in [-0.3, -0.25) is 4.79 Å². The maximum atomic E-state index is 11.9. The largest absolute Gasteiger partial charge is 0.481 e. The molecule has 1 rings (SSSR count). The highest BCUT2D eigenvalue weighted by Gasteiger charge is 2.30. The Balaban J connectivity index is 2.80. The minimum absolute atomic E-state index is 0.0814. The van der Waals surface area contributed by atoms with Gasteiger partial charge in [-0.1, -0.05) is 24.3 Å². The second kappa shape index (κ2) is 9.84. The Kier molecular flexibility index (Phi) is 7.78. The van der Waals surface area contributed by atoms with Gasteiger partial charge < -0.3 is 14.7 Å². The summed E-state index contributed by atoms with van der Waals surface area (Å²) in [6.07, 6.45) is -0.358. The number of ether oxygens (including phenoxy) is 1. The molecule has 0 bridgehead atoms. The lowest BCUT2D eigenvalue weighted by Crippen LogP contribution is -2.35. The van der Waals surface area contributed by atoms with Crippen molar-refractivity contribution in [2.75, 3.05) is 6.61 Å². The minimum atomic E-state index is -1.49. The molecule has 0 spiro atoms. The Labute approximate surface area is 138 Å². The number of carboxylic acids is 1. The fraction of sp³-hybridized carbons (Fsp3) is 0.375. The Hall–Kier alpha value is -3.08. The second-order valence-electron chi connectivity index (χ2n) is 4.77. The molecule has 1 amide bonds. The first-order valence-corrected chi connectivity index (χ1v) is 7.29. The van der Waals surface area contributed by atoms with Crippen molar-refractivity contribution in [2.45, 2.75) is 26.2 Å². The molecule has 8 nitrogen and oxygen atoms in total. The zero-order valence-electron chi connectivity index (χ0n) is 13.2. The number of nitrogens with one attached hydrogen (secondary N) is 1. The molecule has 0 radical (unpaired) electrons. The number of hydrogen-bond donors (Lipinski definition) is 2. The van der Waals surface area contributed by atoms with Crippen LogP contribution in [0.3, 0.4) is 0 Å². The van der Waals surface area contributed by atoms with Gasteiger partial charge >= 0.3 is 18.0 Å². The molecule has 0 heterocycles. The topological polar surface area (TPSA) is 126 Å². The van der Waals surface area contributed by atoms with Crippen LogP contribution in [-0.4, -0.2) is 29.7 Å². The molecule has 2 N–H and O–H groups in total. The third-order valence-electron chi connectivity index (χ3n) is 3.14. The van der Waals surface area contributed by atoms with E-state index in [0.717, 1.165) is 5.56 Å². The van der Waals surface area contributed by atoms with Crippen molar-refractivity contribution in [2.24, 2.45) is 5.92 Å². The van der Waals surface area contributed by atoms with Gasteiger partial charge in [0.1, 0.15) is 0 Å². The number of carboxylic acid groups (broad SMARTS) is 1. The normalized spacial score (nSPS) is 11.0. The van der Waals surface area contributed by atoms with Crippen LogP contribution in [-0.2, 0) is 32.0 Å². The molecule has 1 atom stereocenters. The van der Waals surface area contributed by atoms with Crippen molar-refractivity contribution >= 4 is 18.0 Å². The van der Waals surface area contributed by atoms with E-state index in [1.807, 2.05) is 6.07 Å². The fourth-order valence-electron chi connectivity index (χ4n) is 2.01. The summed E-state index contributed by atoms with van der Waals surface area (Å²) in [5.74, 6) is -3.97. The van der Waals surface area contributed by atoms with Crippen LogP contribution in [0.4, 0.5) is 4.79 Å². The molecule has 0 aliphatic rings. The molecule has 0 aliphatic carbocycles. The average molecular weight is 334 g/mol. The van der Waals surface area contributed by atoms with Gasteiger partial charge in [-0.15, -0.1) is 5.48 Å². The van der Waals surface area contributed by atoms with Crippen LogP contribution >= 0.6 is 0 Å². The molecule has 8 heteroatoms. The Morgan fingerprint density at radius 1 is 1.29 bits per heavy atom. The highest BCUT2D eigenvalue weighted by atomic mass is 16.7. The predicted molar refractivity (Wildman–Crippen MR) is 81.5 cm³/mol. The quantitative estimate of drug-likeness (QED) is 0.573. The highest BCUT2D eigenvalue weighted by Crippen LogP contribution is 2.17. The van der Waals surface area contributed by atoms with Crippen LogP contribution in [0.2, 0.25) is 0 Å². The summed E-state index contributed by atoms with van der Waals surface area (Å²) in [7, 11) is 0. The first-order valence-electron chi connectivity index (χ1n) is 7.29. The molecular formula is C16H18N2O6. The van der Waals surface area contributed by atoms with Crippen LogP contribution in [0.15, 0.2) is 24.3 Å². The van der Waals surface area contributed by atoms with Gasteiger partial charge in [-0.25, -0.2) is 9.59 Å². The number of aryl methyl sites for hydroxylation is 1. The van der Waals surface area contributed by atoms with Crippen molar-refractivity contribution < 1.29 is 29.1 Å². The molecule has 1 aromatic rings. The van der Waals surface area contributed by atoms with E-state index in [1.54, 1.807) is 36.7 Å². The van der Waals surface area contributed by atoms with Gasteiger partial charge in [0.15, 0.2) is 5.92 Å². The maximum Gasteiger partial charge on any atom is 0.440 e. The van der Waals surface area contributed by atoms with Crippen LogP contribution in [0.5, 0.6) is 0 Å². The van der Waals surface area contributed by atoms with E-state index in [1.165, 1.54) is 0 Å². The number of hydroxylamine groups is 1. The third kappa shape index (κ3) is 5.96. The first kappa shape index (κ1) is 19.0. The number of amides is 1. The van der Waals surface area contributed by atoms with Crippen LogP contribution in [0, 0.1) is 17.2 Å². The van der Waals surface area contributed by atoms with Crippen molar-refractivity contribution in [3.63, 3.8) is 0 Å². The molecular weight excluding hydrogens is 316 g/mol. The molecule has 128 valence electrons. The lowest BCUT2D eigenvalue weighted by molar-refractivity contribution is -0.163. The minimum Gasteiger partial charge on any atom is -0.481 e. The summed E-state index contributed by atoms with van der Waals surface area (Å²) in [6.45, 7) is 1.65. The molecule has 0 fully saturated rings. The van der Waals surface area contributed by atoms with Crippen molar-refractivity contribution in [3.05, 3.63) is 35.4 Å². The van der Waals surface area contributed by atoms with E-state index in [9.17, 15) is 19.5 Å². The molecule has 0 saturated heterocycles. The summed E-state index contributed by atoms with van der Waals surface area (Å²) in [5, 5.41) is 17.9. The first-order chi connectivity index (χ1) is 11.5. The fourth-order valence-corrected chi connectivity index (χ4v) is 2.01. The molecule has 0 aromatic heterocycles. The van der Waals surface area contributed by atoms with E-state index < -0.39 is 23.9 Å². The van der Waals surface area contributed by atoms with E-state index in [0.29, 0.717) is 12.0 Å². The monoisotopic (exact) mass is 334 g/mol. The van der Waals surface area contributed by atoms with E-state index >= 15 is 0 Å². The average Bonchev–Trinajstić information content (AvgIpc) is 2.56. The zero-order valence-corrected chi connectivity index (χ0v) is 13.2. The molecule has 1 aromatic carbocycles. The van der Waals surface area contributed by atoms with Gasteiger partial charge in [-0.05, 0) is 30.9 Å². The number of hydrogen-bond acceptors (Lipinski definition) is 6. The summed E-state index contributed by atoms with van der Waals surface area (Å²) < 4.78 is 4.51. The van der Waals surface area contributed by atoms with Crippen LogP contribution in [0.1, 0.15) is 24.5 Å². The number of benzene rings is 1. The Bertz CT molecular complexity index is 638. The number of nitrogens with zero attached hydrogens (tertiary/aromatic N) is 1. The standard InChI is InChI=1S/C16H18N2O6/c1-2-23-16(22)18-24-15(21)13(14(19)20)10-12-7-4-3-6-11(12)8-5-9-17/h3-4,6-7,13H,2,5,8,10H2,1H3,(H,18,22)(H,19,20). The summed E-state index contributed by atoms with van der Waals surface area (Å²) >= 11 is 0. The summed E-state index contributed by atoms with van der Waals surface area (Å²) in [5.41, 5.74) is 3.16. The van der Waals surface area contributed by atoms with Crippen molar-refractivity contribution in [1.29, 1.82) is 5.26 Å². The molecule has 24 heavy (non-hydrogen) atoms. The Morgan fingerprint density at radius 2 is 1.96 bits per heavy atom. The number of carbonyl (C=O) groups excluding carboxylic acids is 2. The highest BCUT2D eigenvalue weighted by molar-refractivity contribution is 5.94. The summed E-state index contributed by atoms with van der Waals surface area (Å²) in [6, 6.07) is 8.96. The van der Waals surface area contributed by atoms with Crippen molar-refractivity contribution in [1.82, 2.24) is 5.48 Å². The van der Waals surface area contributed by atoms with Crippen LogP contribution in [0.25, 0.3) is 0 Å². The zero-order chi connectivity index (χ0) is 17.9. The number of carbonyl (C=O) groups is 3. The maximum absolute atomic E-state index is 11.9. The second-order valence-corrected chi connectivity index (χ2v) is 4.77. The van der Waals surface area contributed by atoms with E-state index in [2.05, 4.69) is 9.57 Å². The van der Waals surface area contributed by atoms with Gasteiger partial charge in [0, 0.05) is 6.42 Å². The Morgan fingerprint density at radius 3 is 2.54 bits per heavy atom. The van der Waals surface area contributed by atoms with Crippen LogP contribution < -0.4 is 5.48 Å². The number of aliphatic carboxylic acids is 1. The van der Waals surface area contributed by atoms with Gasteiger partial charge in [0.05, 0.1) is 12.7 Å². The lowest BCUT2D eigenvalue weighted by Gasteiger charge is -2.14. The van der Waals surface area contributed by atoms with Gasteiger partial charge in [0.2, 0.25) is 0 Å². The SMILES string of the molecule is CCOC(=O)NOC(=O)C(Cc1ccccc1CCC#N)C(=O)O. The summed E-state index contributed by atoms with van der Waals surface area (Å²) in [4.78, 5) is 38.8. The smallest absolute Gasteiger partial charge is 0.440 e. The van der Waals surface area contributed by atoms with Gasteiger partial charge in [0.25, 0.3) is 0 Å². The number of rotatable bonds is 7. The molecule has 0 saturated carbocycles. The van der Waals surface area contributed by atoms with Gasteiger partial charge in [-0.2, -0.15) is 5.26 Å². The van der Waals surface area contributed by atoms with E-state index in [4.69, 9.17) is 5.26 Å². The lowest BCUT2D eigenvalue weighted by atomic mass is 9.94. The number of nitriles is 1. The molecule has 0 aliphatic heterocycles. The van der Waals surface area contributed by atoms with E-state index in [-0.39, 0.29) is 19.4 Å².